The number of allylic oxidation sites excluding steroid dienone is 1. The molecule has 3 aromatic rings. The van der Waals surface area contributed by atoms with Gasteiger partial charge in [-0.05, 0) is 90.7 Å². The zero-order chi connectivity index (χ0) is 24.8. The summed E-state index contributed by atoms with van der Waals surface area (Å²) < 4.78 is 44.4. The van der Waals surface area contributed by atoms with Crippen LogP contribution in [0.2, 0.25) is 0 Å². The molecule has 1 aliphatic carbocycles. The molecule has 35 heavy (non-hydrogen) atoms. The zero-order valence-electron chi connectivity index (χ0n) is 20.8. The molecular formula is C32H35F3. The van der Waals surface area contributed by atoms with Gasteiger partial charge in [0.2, 0.25) is 0 Å². The van der Waals surface area contributed by atoms with Crippen LogP contribution < -0.4 is 0 Å². The molecule has 184 valence electrons. The average molecular weight is 477 g/mol. The second-order valence-corrected chi connectivity index (χ2v) is 9.81. The van der Waals surface area contributed by atoms with Gasteiger partial charge in [-0.3, -0.25) is 0 Å². The first-order valence-corrected chi connectivity index (χ1v) is 13.0. The lowest BCUT2D eigenvalue weighted by Gasteiger charge is -2.27. The first-order valence-electron chi connectivity index (χ1n) is 13.0. The van der Waals surface area contributed by atoms with Gasteiger partial charge in [0.25, 0.3) is 0 Å². The van der Waals surface area contributed by atoms with Crippen molar-refractivity contribution in [2.45, 2.75) is 71.1 Å². The van der Waals surface area contributed by atoms with E-state index in [1.54, 1.807) is 18.2 Å². The van der Waals surface area contributed by atoms with Crippen LogP contribution in [0.5, 0.6) is 0 Å². The first kappa shape index (κ1) is 25.3. The minimum absolute atomic E-state index is 0.0287. The fourth-order valence-electron chi connectivity index (χ4n) is 5.13. The van der Waals surface area contributed by atoms with E-state index in [9.17, 15) is 8.78 Å². The Bertz CT molecular complexity index is 1150. The standard InChI is InChI=1S/C32H35F3/c1-3-5-6-27-18-13-24(21-30(27)33)8-7-23-11-16-26(17-12-23)29-20-19-28(31(34)32(29)35)25-14-9-22(4-2)10-15-25/h7-10,13-15,18-21,23,26H,3-6,11-12,16-17H2,1-2H3/b8-7+. The van der Waals surface area contributed by atoms with Crippen molar-refractivity contribution in [3.63, 3.8) is 0 Å². The van der Waals surface area contributed by atoms with Gasteiger partial charge in [0, 0.05) is 5.56 Å². The summed E-state index contributed by atoms with van der Waals surface area (Å²) >= 11 is 0. The third kappa shape index (κ3) is 6.07. The molecule has 0 spiro atoms. The molecule has 0 unspecified atom stereocenters. The summed E-state index contributed by atoms with van der Waals surface area (Å²) in [5.41, 5.74) is 4.34. The number of unbranched alkanes of at least 4 members (excludes halogenated alkanes) is 1. The Labute approximate surface area is 207 Å². The number of rotatable bonds is 8. The van der Waals surface area contributed by atoms with Gasteiger partial charge >= 0.3 is 0 Å². The van der Waals surface area contributed by atoms with Crippen LogP contribution in [0.4, 0.5) is 13.2 Å². The van der Waals surface area contributed by atoms with Crippen LogP contribution >= 0.6 is 0 Å². The van der Waals surface area contributed by atoms with E-state index >= 15 is 4.39 Å². The van der Waals surface area contributed by atoms with E-state index < -0.39 is 11.6 Å². The molecule has 1 aliphatic rings. The molecule has 0 N–H and O–H groups in total. The van der Waals surface area contributed by atoms with E-state index in [-0.39, 0.29) is 11.7 Å². The maximum atomic E-state index is 15.1. The predicted octanol–water partition coefficient (Wildman–Crippen LogP) is 9.66. The van der Waals surface area contributed by atoms with Crippen molar-refractivity contribution in [2.24, 2.45) is 5.92 Å². The summed E-state index contributed by atoms with van der Waals surface area (Å²) in [6.45, 7) is 4.18. The lowest BCUT2D eigenvalue weighted by atomic mass is 9.78. The van der Waals surface area contributed by atoms with Crippen molar-refractivity contribution in [3.05, 3.63) is 100 Å². The maximum absolute atomic E-state index is 15.1. The largest absolute Gasteiger partial charge is 0.207 e. The first-order chi connectivity index (χ1) is 17.0. The molecule has 1 saturated carbocycles. The van der Waals surface area contributed by atoms with Crippen LogP contribution in [0.3, 0.4) is 0 Å². The summed E-state index contributed by atoms with van der Waals surface area (Å²) in [7, 11) is 0. The Morgan fingerprint density at radius 3 is 2.23 bits per heavy atom. The van der Waals surface area contributed by atoms with E-state index in [1.165, 1.54) is 5.56 Å². The van der Waals surface area contributed by atoms with Gasteiger partial charge in [-0.2, -0.15) is 0 Å². The Morgan fingerprint density at radius 2 is 1.57 bits per heavy atom. The van der Waals surface area contributed by atoms with Crippen LogP contribution in [0, 0.1) is 23.4 Å². The van der Waals surface area contributed by atoms with Crippen LogP contribution in [0.1, 0.15) is 80.5 Å². The summed E-state index contributed by atoms with van der Waals surface area (Å²) in [5, 5.41) is 0. The van der Waals surface area contributed by atoms with Gasteiger partial charge in [-0.25, -0.2) is 13.2 Å². The number of hydrogen-bond acceptors (Lipinski definition) is 0. The number of aryl methyl sites for hydroxylation is 2. The van der Waals surface area contributed by atoms with Crippen molar-refractivity contribution in [1.82, 2.24) is 0 Å². The molecule has 3 heteroatoms. The molecule has 0 amide bonds. The Morgan fingerprint density at radius 1 is 0.829 bits per heavy atom. The van der Waals surface area contributed by atoms with Crippen LogP contribution in [0.15, 0.2) is 60.7 Å². The molecule has 4 rings (SSSR count). The molecule has 0 atom stereocenters. The second-order valence-electron chi connectivity index (χ2n) is 9.81. The van der Waals surface area contributed by atoms with E-state index in [0.29, 0.717) is 22.6 Å². The van der Waals surface area contributed by atoms with Crippen LogP contribution in [-0.2, 0) is 12.8 Å². The summed E-state index contributed by atoms with van der Waals surface area (Å²) in [5.74, 6) is -1.19. The summed E-state index contributed by atoms with van der Waals surface area (Å²) in [4.78, 5) is 0. The quantitative estimate of drug-likeness (QED) is 0.303. The fraction of sp³-hybridized carbons (Fsp3) is 0.375. The molecule has 0 aliphatic heterocycles. The van der Waals surface area contributed by atoms with Crippen LogP contribution in [0.25, 0.3) is 17.2 Å². The highest BCUT2D eigenvalue weighted by Crippen LogP contribution is 2.39. The number of halogens is 3. The van der Waals surface area contributed by atoms with Crippen molar-refractivity contribution in [1.29, 1.82) is 0 Å². The molecule has 0 nitrogen and oxygen atoms in total. The third-order valence-electron chi connectivity index (χ3n) is 7.43. The zero-order valence-corrected chi connectivity index (χ0v) is 20.8. The SMILES string of the molecule is CCCCc1ccc(/C=C/C2CCC(c3ccc(-c4ccc(CC)cc4)c(F)c3F)CC2)cc1F. The topological polar surface area (TPSA) is 0 Å². The molecule has 0 radical (unpaired) electrons. The number of hydrogen-bond donors (Lipinski definition) is 0. The second kappa shape index (κ2) is 11.7. The highest BCUT2D eigenvalue weighted by molar-refractivity contribution is 5.65. The summed E-state index contributed by atoms with van der Waals surface area (Å²) in [6.07, 6.45) is 11.4. The lowest BCUT2D eigenvalue weighted by molar-refractivity contribution is 0.365. The number of benzene rings is 3. The Kier molecular flexibility index (Phi) is 8.49. The molecule has 0 aromatic heterocycles. The van der Waals surface area contributed by atoms with Gasteiger partial charge in [-0.1, -0.05) is 81.0 Å². The normalized spacial score (nSPS) is 18.3. The lowest BCUT2D eigenvalue weighted by Crippen LogP contribution is -2.13. The van der Waals surface area contributed by atoms with E-state index in [1.807, 2.05) is 42.5 Å². The summed E-state index contributed by atoms with van der Waals surface area (Å²) in [6, 6.07) is 16.6. The smallest absolute Gasteiger partial charge is 0.166 e. The molecule has 3 aromatic carbocycles. The highest BCUT2D eigenvalue weighted by Gasteiger charge is 2.25. The van der Waals surface area contributed by atoms with Crippen LogP contribution in [-0.4, -0.2) is 0 Å². The van der Waals surface area contributed by atoms with Gasteiger partial charge in [0.05, 0.1) is 0 Å². The fourth-order valence-corrected chi connectivity index (χ4v) is 5.13. The molecule has 0 heterocycles. The highest BCUT2D eigenvalue weighted by atomic mass is 19.2. The minimum atomic E-state index is -0.752. The minimum Gasteiger partial charge on any atom is -0.207 e. The van der Waals surface area contributed by atoms with Crippen molar-refractivity contribution in [2.75, 3.05) is 0 Å². The van der Waals surface area contributed by atoms with Gasteiger partial charge in [-0.15, -0.1) is 0 Å². The van der Waals surface area contributed by atoms with E-state index in [2.05, 4.69) is 19.9 Å². The van der Waals surface area contributed by atoms with E-state index in [0.717, 1.165) is 62.5 Å². The third-order valence-corrected chi connectivity index (χ3v) is 7.43. The average Bonchev–Trinajstić information content (AvgIpc) is 2.89. The molecule has 0 saturated heterocycles. The predicted molar refractivity (Wildman–Crippen MR) is 140 cm³/mol. The maximum Gasteiger partial charge on any atom is 0.166 e. The van der Waals surface area contributed by atoms with Crippen molar-refractivity contribution >= 4 is 6.08 Å². The Balaban J connectivity index is 1.38. The monoisotopic (exact) mass is 476 g/mol. The van der Waals surface area contributed by atoms with Gasteiger partial charge < -0.3 is 0 Å². The van der Waals surface area contributed by atoms with Gasteiger partial charge in [0.1, 0.15) is 5.82 Å². The van der Waals surface area contributed by atoms with Gasteiger partial charge in [0.15, 0.2) is 11.6 Å². The molecule has 0 bridgehead atoms. The van der Waals surface area contributed by atoms with Crippen molar-refractivity contribution < 1.29 is 13.2 Å². The van der Waals surface area contributed by atoms with E-state index in [4.69, 9.17) is 0 Å². The Hall–Kier alpha value is -2.81. The van der Waals surface area contributed by atoms with Crippen molar-refractivity contribution in [3.8, 4) is 11.1 Å². The molecule has 1 fully saturated rings. The molecular weight excluding hydrogens is 441 g/mol.